The molecule has 0 radical (unpaired) electrons. The van der Waals surface area contributed by atoms with Gasteiger partial charge in [0.15, 0.2) is 0 Å². The Kier molecular flexibility index (Phi) is 24.1. The van der Waals surface area contributed by atoms with Crippen LogP contribution in [0.25, 0.3) is 0 Å². The molecule has 0 aliphatic heterocycles. The van der Waals surface area contributed by atoms with Crippen LogP contribution in [0.2, 0.25) is 0 Å². The summed E-state index contributed by atoms with van der Waals surface area (Å²) in [5.41, 5.74) is 15.8. The molecular formula is C18H43N3O7. The van der Waals surface area contributed by atoms with Crippen LogP contribution in [0.5, 0.6) is 0 Å². The van der Waals surface area contributed by atoms with Gasteiger partial charge in [-0.05, 0) is 19.8 Å². The highest BCUT2D eigenvalue weighted by Crippen LogP contribution is 2.01. The molecule has 0 heterocycles. The third-order valence-electron chi connectivity index (χ3n) is 3.79. The summed E-state index contributed by atoms with van der Waals surface area (Å²) in [6.07, 6.45) is 2.13. The molecule has 0 aliphatic rings. The Morgan fingerprint density at radius 2 is 1.21 bits per heavy atom. The molecule has 0 bridgehead atoms. The average molecular weight is 414 g/mol. The molecule has 0 aromatic heterocycles. The lowest BCUT2D eigenvalue weighted by Gasteiger charge is -2.20. The van der Waals surface area contributed by atoms with Crippen molar-refractivity contribution in [1.82, 2.24) is 0 Å². The van der Waals surface area contributed by atoms with Crippen LogP contribution in [-0.4, -0.2) is 98.1 Å². The van der Waals surface area contributed by atoms with Gasteiger partial charge in [0, 0.05) is 0 Å². The van der Waals surface area contributed by atoms with Crippen molar-refractivity contribution < 1.29 is 35.7 Å². The van der Waals surface area contributed by atoms with Gasteiger partial charge in [-0.1, -0.05) is 32.4 Å². The number of rotatable bonds is 11. The Morgan fingerprint density at radius 1 is 0.750 bits per heavy atom. The SMILES string of the molecule is C/C=C/C(O)C(N)CO.CCC(O)C(O)C(N)CO.CCCC(O)C(N)CO. The van der Waals surface area contributed by atoms with Crippen LogP contribution in [0.4, 0.5) is 0 Å². The van der Waals surface area contributed by atoms with Gasteiger partial charge < -0.3 is 52.9 Å². The average Bonchev–Trinajstić information content (AvgIpc) is 2.71. The van der Waals surface area contributed by atoms with Crippen molar-refractivity contribution in [2.24, 2.45) is 17.2 Å². The quantitative estimate of drug-likeness (QED) is 0.156. The fraction of sp³-hybridized carbons (Fsp3) is 0.889. The van der Waals surface area contributed by atoms with Crippen molar-refractivity contribution in [1.29, 1.82) is 0 Å². The number of aliphatic hydroxyl groups is 7. The Labute approximate surface area is 168 Å². The molecule has 0 fully saturated rings. The first-order valence-electron chi connectivity index (χ1n) is 9.51. The maximum Gasteiger partial charge on any atom is 0.0971 e. The van der Waals surface area contributed by atoms with Crippen LogP contribution in [0.1, 0.15) is 40.0 Å². The minimum Gasteiger partial charge on any atom is -0.395 e. The zero-order chi connectivity index (χ0) is 22.7. The number of hydrogen-bond acceptors (Lipinski definition) is 10. The van der Waals surface area contributed by atoms with Crippen LogP contribution in [-0.2, 0) is 0 Å². The molecule has 0 saturated carbocycles. The highest BCUT2D eigenvalue weighted by atomic mass is 16.3. The van der Waals surface area contributed by atoms with Crippen molar-refractivity contribution in [3.63, 3.8) is 0 Å². The largest absolute Gasteiger partial charge is 0.395 e. The van der Waals surface area contributed by atoms with Crippen molar-refractivity contribution in [3.8, 4) is 0 Å². The summed E-state index contributed by atoms with van der Waals surface area (Å²) in [4.78, 5) is 0. The van der Waals surface area contributed by atoms with E-state index in [2.05, 4.69) is 0 Å². The van der Waals surface area contributed by atoms with E-state index in [1.807, 2.05) is 6.92 Å². The molecule has 0 rings (SSSR count). The van der Waals surface area contributed by atoms with Crippen LogP contribution in [0, 0.1) is 0 Å². The maximum absolute atomic E-state index is 9.05. The molecule has 0 aromatic carbocycles. The molecule has 0 aromatic rings. The molecule has 7 atom stereocenters. The Hall–Kier alpha value is -0.660. The van der Waals surface area contributed by atoms with Crippen molar-refractivity contribution >= 4 is 0 Å². The second-order valence-electron chi connectivity index (χ2n) is 6.38. The van der Waals surface area contributed by atoms with E-state index < -0.39 is 42.5 Å². The van der Waals surface area contributed by atoms with Gasteiger partial charge in [-0.2, -0.15) is 0 Å². The summed E-state index contributed by atoms with van der Waals surface area (Å²) in [5, 5.41) is 61.3. The van der Waals surface area contributed by atoms with E-state index in [1.165, 1.54) is 0 Å². The number of aliphatic hydroxyl groups excluding tert-OH is 7. The molecule has 28 heavy (non-hydrogen) atoms. The molecular weight excluding hydrogens is 370 g/mol. The number of allylic oxidation sites excluding steroid dienone is 1. The predicted octanol–water partition coefficient (Wildman–Crippen LogP) is -2.85. The van der Waals surface area contributed by atoms with E-state index >= 15 is 0 Å². The normalized spacial score (nSPS) is 18.6. The van der Waals surface area contributed by atoms with Crippen LogP contribution >= 0.6 is 0 Å². The van der Waals surface area contributed by atoms with Gasteiger partial charge >= 0.3 is 0 Å². The maximum atomic E-state index is 9.05. The molecule has 172 valence electrons. The van der Waals surface area contributed by atoms with Gasteiger partial charge in [0.1, 0.15) is 0 Å². The fourth-order valence-electron chi connectivity index (χ4n) is 1.71. The third kappa shape index (κ3) is 17.4. The lowest BCUT2D eigenvalue weighted by Crippen LogP contribution is -2.45. The van der Waals surface area contributed by atoms with Gasteiger partial charge in [-0.3, -0.25) is 0 Å². The van der Waals surface area contributed by atoms with E-state index in [0.29, 0.717) is 12.8 Å². The van der Waals surface area contributed by atoms with E-state index in [9.17, 15) is 0 Å². The monoisotopic (exact) mass is 413 g/mol. The van der Waals surface area contributed by atoms with Gasteiger partial charge in [0.05, 0.1) is 62.4 Å². The van der Waals surface area contributed by atoms with Crippen molar-refractivity contribution in [2.75, 3.05) is 19.8 Å². The number of hydrogen-bond donors (Lipinski definition) is 10. The summed E-state index contributed by atoms with van der Waals surface area (Å²) in [7, 11) is 0. The van der Waals surface area contributed by atoms with Crippen LogP contribution in [0.3, 0.4) is 0 Å². The summed E-state index contributed by atoms with van der Waals surface area (Å²) in [5.74, 6) is 0. The topological polar surface area (TPSA) is 220 Å². The Bertz CT molecular complexity index is 341. The fourth-order valence-corrected chi connectivity index (χ4v) is 1.71. The second kappa shape index (κ2) is 21.1. The highest BCUT2D eigenvalue weighted by Gasteiger charge is 2.20. The number of nitrogens with two attached hydrogens (primary N) is 3. The molecule has 0 aliphatic carbocycles. The van der Waals surface area contributed by atoms with Crippen LogP contribution < -0.4 is 17.2 Å². The van der Waals surface area contributed by atoms with Gasteiger partial charge in [-0.15, -0.1) is 0 Å². The van der Waals surface area contributed by atoms with Gasteiger partial charge in [-0.25, -0.2) is 0 Å². The first kappa shape index (κ1) is 32.0. The molecule has 10 nitrogen and oxygen atoms in total. The van der Waals surface area contributed by atoms with Gasteiger partial charge in [0.2, 0.25) is 0 Å². The van der Waals surface area contributed by atoms with E-state index in [1.54, 1.807) is 26.0 Å². The summed E-state index contributed by atoms with van der Waals surface area (Å²) < 4.78 is 0. The first-order chi connectivity index (χ1) is 13.1. The zero-order valence-corrected chi connectivity index (χ0v) is 17.3. The van der Waals surface area contributed by atoms with Gasteiger partial charge in [0.25, 0.3) is 0 Å². The predicted molar refractivity (Wildman–Crippen MR) is 109 cm³/mol. The molecule has 0 amide bonds. The van der Waals surface area contributed by atoms with Crippen LogP contribution in [0.15, 0.2) is 12.2 Å². The summed E-state index contributed by atoms with van der Waals surface area (Å²) >= 11 is 0. The minimum absolute atomic E-state index is 0.138. The summed E-state index contributed by atoms with van der Waals surface area (Å²) in [6, 6.07) is -1.76. The molecule has 0 spiro atoms. The van der Waals surface area contributed by atoms with E-state index in [0.717, 1.165) is 6.42 Å². The molecule has 13 N–H and O–H groups in total. The first-order valence-corrected chi connectivity index (χ1v) is 9.51. The summed E-state index contributed by atoms with van der Waals surface area (Å²) in [6.45, 7) is 4.85. The highest BCUT2D eigenvalue weighted by molar-refractivity contribution is 4.91. The minimum atomic E-state index is -1.02. The van der Waals surface area contributed by atoms with E-state index in [4.69, 9.17) is 52.9 Å². The Morgan fingerprint density at radius 3 is 1.54 bits per heavy atom. The smallest absolute Gasteiger partial charge is 0.0971 e. The molecule has 7 unspecified atom stereocenters. The Balaban J connectivity index is -0.000000336. The third-order valence-corrected chi connectivity index (χ3v) is 3.79. The zero-order valence-electron chi connectivity index (χ0n) is 17.3. The van der Waals surface area contributed by atoms with Crippen molar-refractivity contribution in [2.45, 2.75) is 82.6 Å². The van der Waals surface area contributed by atoms with Crippen molar-refractivity contribution in [3.05, 3.63) is 12.2 Å². The molecule has 0 saturated heterocycles. The second-order valence-corrected chi connectivity index (χ2v) is 6.38. The van der Waals surface area contributed by atoms with E-state index in [-0.39, 0.29) is 19.8 Å². The standard InChI is InChI=1S/C6H15NO3.C6H15NO2.C6H13NO2/c1-2-5(9)6(10)4(7)3-8;2*1-2-3-6(9)5(7)4-8/h4-6,8-10H,2-3,7H2,1H3;5-6,8-9H,2-4,7H2,1H3;2-3,5-6,8-9H,4,7H2,1H3/b;;3-2+. The lowest BCUT2D eigenvalue weighted by atomic mass is 10.1. The lowest BCUT2D eigenvalue weighted by molar-refractivity contribution is -0.00852. The molecule has 10 heteroatoms.